The van der Waals surface area contributed by atoms with E-state index >= 15 is 0 Å². The molecular weight excluding hydrogens is 951 g/mol. The Kier molecular flexibility index (Phi) is 22.4. The van der Waals surface area contributed by atoms with Crippen LogP contribution < -0.4 is 42.4 Å². The minimum absolute atomic E-state index is 0.0136. The fourth-order valence-corrected chi connectivity index (χ4v) is 8.76. The maximum atomic E-state index is 14.6. The average Bonchev–Trinajstić information content (AvgIpc) is 3.25. The van der Waals surface area contributed by atoms with Crippen LogP contribution in [0, 0.1) is 17.3 Å². The molecule has 400 valence electrons. The number of carbonyl (C=O) groups excluding carboxylic acids is 7. The van der Waals surface area contributed by atoms with Gasteiger partial charge in [-0.25, -0.2) is 22.7 Å². The van der Waals surface area contributed by atoms with Crippen molar-refractivity contribution in [3.63, 3.8) is 0 Å². The van der Waals surface area contributed by atoms with E-state index < -0.39 is 115 Å². The summed E-state index contributed by atoms with van der Waals surface area (Å²) in [4.78, 5) is 106. The van der Waals surface area contributed by atoms with E-state index in [0.29, 0.717) is 0 Å². The summed E-state index contributed by atoms with van der Waals surface area (Å²) in [7, 11) is -3.23. The smallest absolute Gasteiger partial charge is 0.405 e. The minimum Gasteiger partial charge on any atom is -0.465 e. The Morgan fingerprint density at radius 3 is 1.89 bits per heavy atom. The number of nitrogens with one attached hydrogen (secondary N) is 7. The second-order valence-corrected chi connectivity index (χ2v) is 22.6. The van der Waals surface area contributed by atoms with Crippen molar-refractivity contribution in [2.75, 3.05) is 25.5 Å². The van der Waals surface area contributed by atoms with Crippen LogP contribution in [0.25, 0.3) is 0 Å². The molecule has 0 aliphatic heterocycles. The zero-order valence-electron chi connectivity index (χ0n) is 44.0. The highest BCUT2D eigenvalue weighted by Crippen LogP contribution is 2.30. The Balaban J connectivity index is 2.45. The maximum Gasteiger partial charge on any atom is 0.405 e. The molecule has 2 rings (SSSR count). The lowest BCUT2D eigenvalue weighted by atomic mass is 9.76. The molecule has 5 unspecified atom stereocenters. The van der Waals surface area contributed by atoms with Crippen molar-refractivity contribution < 1.29 is 56.6 Å². The molecule has 8 amide bonds. The number of rotatable bonds is 24. The molecule has 0 aliphatic rings. The molecule has 0 bridgehead atoms. The quantitative estimate of drug-likeness (QED) is 0.0410. The molecule has 22 heteroatoms. The van der Waals surface area contributed by atoms with Gasteiger partial charge in [-0.3, -0.25) is 34.1 Å². The number of para-hydroxylation sites is 1. The van der Waals surface area contributed by atoms with E-state index in [-0.39, 0.29) is 43.1 Å². The van der Waals surface area contributed by atoms with Crippen LogP contribution in [-0.4, -0.2) is 122 Å². The van der Waals surface area contributed by atoms with E-state index in [9.17, 15) is 51.9 Å². The van der Waals surface area contributed by atoms with Gasteiger partial charge in [0.25, 0.3) is 15.9 Å². The molecule has 0 fully saturated rings. The third kappa shape index (κ3) is 18.9. The first kappa shape index (κ1) is 61.6. The molecule has 0 heterocycles. The number of nitrogens with zero attached hydrogens (tertiary/aromatic N) is 1. The predicted molar refractivity (Wildman–Crippen MR) is 273 cm³/mol. The Morgan fingerprint density at radius 1 is 0.778 bits per heavy atom. The number of urea groups is 1. The summed E-state index contributed by atoms with van der Waals surface area (Å²) in [6.07, 6.45) is -0.00957. The summed E-state index contributed by atoms with van der Waals surface area (Å²) in [5.74, 6) is -5.31. The number of hydrogen-bond donors (Lipinski definition) is 9. The van der Waals surface area contributed by atoms with Crippen LogP contribution in [0.15, 0.2) is 71.1 Å². The normalized spacial score (nSPS) is 14.4. The number of benzene rings is 2. The number of ether oxygens (including phenoxy) is 1. The number of amides is 8. The molecule has 0 spiro atoms. The van der Waals surface area contributed by atoms with Gasteiger partial charge in [0.15, 0.2) is 0 Å². The van der Waals surface area contributed by atoms with Crippen LogP contribution in [0.4, 0.5) is 15.3 Å². The van der Waals surface area contributed by atoms with E-state index in [1.165, 1.54) is 43.1 Å². The fraction of sp³-hybridized carbons (Fsp3) is 0.560. The highest BCUT2D eigenvalue weighted by molar-refractivity contribution is 7.90. The fourth-order valence-electron chi connectivity index (χ4n) is 7.58. The number of carboxylic acid groups (broad SMARTS) is 1. The van der Waals surface area contributed by atoms with Crippen LogP contribution in [0.5, 0.6) is 0 Å². The molecule has 0 saturated heterocycles. The summed E-state index contributed by atoms with van der Waals surface area (Å²) < 4.78 is 35.4. The monoisotopic (exact) mass is 1030 g/mol. The van der Waals surface area contributed by atoms with E-state index in [4.69, 9.17) is 10.5 Å². The van der Waals surface area contributed by atoms with Gasteiger partial charge in [0.05, 0.1) is 24.3 Å². The molecule has 0 radical (unpaired) electrons. The van der Waals surface area contributed by atoms with Gasteiger partial charge < -0.3 is 47.1 Å². The number of nitrogens with two attached hydrogens (primary N) is 1. The summed E-state index contributed by atoms with van der Waals surface area (Å²) in [6.45, 7) is 22.1. The molecule has 2 aromatic rings. The number of hydrogen-bond acceptors (Lipinski definition) is 12. The van der Waals surface area contributed by atoms with Gasteiger partial charge in [-0.2, -0.15) is 0 Å². The number of primary amides is 1. The molecule has 5 atom stereocenters. The van der Waals surface area contributed by atoms with E-state index in [1.54, 1.807) is 69.2 Å². The lowest BCUT2D eigenvalue weighted by Gasteiger charge is -2.40. The van der Waals surface area contributed by atoms with Crippen LogP contribution in [-0.2, 0) is 48.9 Å². The second-order valence-electron chi connectivity index (χ2n) is 20.9. The zero-order chi connectivity index (χ0) is 55.1. The largest absolute Gasteiger partial charge is 0.465 e. The Hall–Kier alpha value is -6.55. The van der Waals surface area contributed by atoms with Gasteiger partial charge in [0.1, 0.15) is 28.6 Å². The van der Waals surface area contributed by atoms with E-state index in [0.717, 1.165) is 11.6 Å². The number of esters is 1. The van der Waals surface area contributed by atoms with E-state index in [1.807, 2.05) is 48.9 Å². The van der Waals surface area contributed by atoms with Gasteiger partial charge in [0, 0.05) is 24.6 Å². The number of sulfonamides is 1. The van der Waals surface area contributed by atoms with Crippen LogP contribution >= 0.6 is 0 Å². The minimum atomic E-state index is -4.74. The van der Waals surface area contributed by atoms with Crippen molar-refractivity contribution >= 4 is 63.3 Å². The molecule has 21 nitrogen and oxygen atoms in total. The third-order valence-electron chi connectivity index (χ3n) is 11.5. The summed E-state index contributed by atoms with van der Waals surface area (Å²) in [5, 5.41) is 24.8. The first-order chi connectivity index (χ1) is 33.1. The van der Waals surface area contributed by atoms with Gasteiger partial charge in [-0.1, -0.05) is 111 Å². The van der Waals surface area contributed by atoms with Crippen molar-refractivity contribution in [2.45, 2.75) is 149 Å². The molecule has 72 heavy (non-hydrogen) atoms. The maximum absolute atomic E-state index is 14.6. The average molecular weight is 1030 g/mol. The van der Waals surface area contributed by atoms with E-state index in [2.05, 4.69) is 31.9 Å². The van der Waals surface area contributed by atoms with Crippen molar-refractivity contribution in [3.8, 4) is 0 Å². The molecule has 2 aromatic carbocycles. The van der Waals surface area contributed by atoms with Crippen molar-refractivity contribution in [1.82, 2.24) is 36.2 Å². The molecule has 0 aromatic heterocycles. The van der Waals surface area contributed by atoms with Crippen molar-refractivity contribution in [2.24, 2.45) is 23.0 Å². The standard InChI is InChI=1S/C50H77N9O12S/c1-29(2)35(59(14)45(65)40(48(6,7)8)57-44(64)39(53-28-37(60)71-49(9,10)11)50(12,13)32-21-16-15-17-22-32)27-31(5)41(61)58-72(69,70)36-25-19-18-23-33(36)54-42(62)34(24-20-26-52-46(51)66)55-43(63)38(30(3)4)56-47(67)68/h15-19,21-23,25,27,29-30,34-35,38-40,53,56H,20,24,26,28H2,1-14H3,(H,54,62)(H,55,63)(H,57,64)(H,58,61)(H,67,68)(H3,51,52,66)/b31-27+. The predicted octanol–water partition coefficient (Wildman–Crippen LogP) is 3.89. The SMILES string of the molecule is C/C(=C\C(C(C)C)N(C)C(=O)C(NC(=O)C(NCC(=O)OC(C)(C)C)C(C)(C)c1ccccc1)C(C)(C)C)C(=O)NS(=O)(=O)c1ccccc1NC(=O)C(CCCNC(N)=O)NC(=O)C(NC(=O)O)C(C)C. The van der Waals surface area contributed by atoms with Crippen molar-refractivity contribution in [3.05, 3.63) is 71.8 Å². The molecule has 0 saturated carbocycles. The topological polar surface area (TPSA) is 314 Å². The molecular formula is C50H77N9O12S. The lowest BCUT2D eigenvalue weighted by Crippen LogP contribution is -2.62. The number of anilines is 1. The number of likely N-dealkylation sites (N-methyl/N-ethyl adjacent to an activating group) is 1. The van der Waals surface area contributed by atoms with Gasteiger partial charge in [-0.05, 0) is 75.5 Å². The highest BCUT2D eigenvalue weighted by Gasteiger charge is 2.43. The molecule has 10 N–H and O–H groups in total. The van der Waals surface area contributed by atoms with Crippen LogP contribution in [0.2, 0.25) is 0 Å². The summed E-state index contributed by atoms with van der Waals surface area (Å²) >= 11 is 0. The highest BCUT2D eigenvalue weighted by atomic mass is 32.2. The lowest BCUT2D eigenvalue weighted by molar-refractivity contribution is -0.154. The van der Waals surface area contributed by atoms with Gasteiger partial charge in [0.2, 0.25) is 23.6 Å². The van der Waals surface area contributed by atoms with Gasteiger partial charge in [-0.15, -0.1) is 0 Å². The Labute approximate surface area is 424 Å². The Morgan fingerprint density at radius 2 is 1.36 bits per heavy atom. The van der Waals surface area contributed by atoms with Crippen molar-refractivity contribution in [1.29, 1.82) is 0 Å². The first-order valence-corrected chi connectivity index (χ1v) is 25.1. The third-order valence-corrected chi connectivity index (χ3v) is 12.9. The first-order valence-electron chi connectivity index (χ1n) is 23.7. The number of carbonyl (C=O) groups is 8. The second kappa shape index (κ2) is 26.2. The zero-order valence-corrected chi connectivity index (χ0v) is 44.8. The molecule has 0 aliphatic carbocycles. The van der Waals surface area contributed by atoms with Crippen LogP contribution in [0.3, 0.4) is 0 Å². The summed E-state index contributed by atoms with van der Waals surface area (Å²) in [5.41, 5.74) is 3.03. The van der Waals surface area contributed by atoms with Crippen LogP contribution in [0.1, 0.15) is 108 Å². The summed E-state index contributed by atoms with van der Waals surface area (Å²) in [6, 6.07) is 8.00. The Bertz CT molecular complexity index is 2390. The van der Waals surface area contributed by atoms with Gasteiger partial charge >= 0.3 is 18.1 Å².